The van der Waals surface area contributed by atoms with E-state index < -0.39 is 0 Å². The second-order valence-corrected chi connectivity index (χ2v) is 7.31. The van der Waals surface area contributed by atoms with Crippen molar-refractivity contribution in [1.29, 1.82) is 0 Å². The predicted octanol–water partition coefficient (Wildman–Crippen LogP) is 2.81. The molecule has 1 aromatic carbocycles. The standard InChI is InChI=1S/C20H30N2O2/c1-14(2)19(23)18-11-8-12-22(18)20(24)17(21-15(3)4)13-16-9-6-5-7-10-16/h5-7,9-10,14-15,17-18,21H,8,11-13H2,1-4H3/t17-,18+/m1/s1. The fourth-order valence-corrected chi connectivity index (χ4v) is 3.38. The van der Waals surface area contributed by atoms with Gasteiger partial charge in [0, 0.05) is 18.5 Å². The molecule has 0 spiro atoms. The van der Waals surface area contributed by atoms with Gasteiger partial charge in [-0.15, -0.1) is 0 Å². The molecule has 0 radical (unpaired) electrons. The van der Waals surface area contributed by atoms with Gasteiger partial charge in [-0.25, -0.2) is 0 Å². The highest BCUT2D eigenvalue weighted by molar-refractivity contribution is 5.92. The van der Waals surface area contributed by atoms with Gasteiger partial charge in [-0.1, -0.05) is 58.0 Å². The van der Waals surface area contributed by atoms with E-state index in [1.807, 2.05) is 62.9 Å². The summed E-state index contributed by atoms with van der Waals surface area (Å²) in [4.78, 5) is 27.4. The van der Waals surface area contributed by atoms with Gasteiger partial charge < -0.3 is 10.2 Å². The van der Waals surface area contributed by atoms with Crippen LogP contribution in [-0.4, -0.2) is 41.3 Å². The zero-order valence-electron chi connectivity index (χ0n) is 15.3. The van der Waals surface area contributed by atoms with Crippen LogP contribution in [0.5, 0.6) is 0 Å². The molecule has 2 atom stereocenters. The summed E-state index contributed by atoms with van der Waals surface area (Å²) < 4.78 is 0. The van der Waals surface area contributed by atoms with Gasteiger partial charge in [0.15, 0.2) is 5.78 Å². The first kappa shape index (κ1) is 18.7. The van der Waals surface area contributed by atoms with Crippen LogP contribution in [0.2, 0.25) is 0 Å². The SMILES string of the molecule is CC(C)N[C@H](Cc1ccccc1)C(=O)N1CCC[C@H]1C(=O)C(C)C. The molecule has 2 rings (SSSR count). The van der Waals surface area contributed by atoms with Gasteiger partial charge in [-0.3, -0.25) is 9.59 Å². The Kier molecular flexibility index (Phi) is 6.55. The second kappa shape index (κ2) is 8.43. The summed E-state index contributed by atoms with van der Waals surface area (Å²) in [5, 5.41) is 3.39. The highest BCUT2D eigenvalue weighted by atomic mass is 16.2. The maximum absolute atomic E-state index is 13.1. The Balaban J connectivity index is 2.15. The van der Waals surface area contributed by atoms with Crippen LogP contribution in [-0.2, 0) is 16.0 Å². The number of amides is 1. The molecule has 0 unspecified atom stereocenters. The fraction of sp³-hybridized carbons (Fsp3) is 0.600. The van der Waals surface area contributed by atoms with Crippen LogP contribution in [0, 0.1) is 5.92 Å². The van der Waals surface area contributed by atoms with Gasteiger partial charge in [0.05, 0.1) is 12.1 Å². The highest BCUT2D eigenvalue weighted by Crippen LogP contribution is 2.22. The molecule has 4 nitrogen and oxygen atoms in total. The van der Waals surface area contributed by atoms with Gasteiger partial charge >= 0.3 is 0 Å². The molecule has 1 aromatic rings. The quantitative estimate of drug-likeness (QED) is 0.836. The lowest BCUT2D eigenvalue weighted by Crippen LogP contribution is -2.53. The number of likely N-dealkylation sites (tertiary alicyclic amines) is 1. The van der Waals surface area contributed by atoms with Crippen molar-refractivity contribution in [3.8, 4) is 0 Å². The molecule has 1 aliphatic heterocycles. The predicted molar refractivity (Wildman–Crippen MR) is 96.8 cm³/mol. The van der Waals surface area contributed by atoms with E-state index in [1.54, 1.807) is 0 Å². The first-order chi connectivity index (χ1) is 11.4. The number of hydrogen-bond acceptors (Lipinski definition) is 3. The number of nitrogens with zero attached hydrogens (tertiary/aromatic N) is 1. The van der Waals surface area contributed by atoms with Gasteiger partial charge in [-0.2, -0.15) is 0 Å². The minimum Gasteiger partial charge on any atom is -0.331 e. The summed E-state index contributed by atoms with van der Waals surface area (Å²) in [7, 11) is 0. The van der Waals surface area contributed by atoms with Crippen LogP contribution in [0.15, 0.2) is 30.3 Å². The molecular formula is C20H30N2O2. The molecule has 1 fully saturated rings. The van der Waals surface area contributed by atoms with Gasteiger partial charge in [0.25, 0.3) is 0 Å². The normalized spacial score (nSPS) is 19.1. The molecule has 4 heteroatoms. The van der Waals surface area contributed by atoms with Gasteiger partial charge in [0.1, 0.15) is 0 Å². The third kappa shape index (κ3) is 4.67. The van der Waals surface area contributed by atoms with Gasteiger partial charge in [-0.05, 0) is 24.8 Å². The molecule has 0 saturated carbocycles. The Morgan fingerprint density at radius 2 is 1.83 bits per heavy atom. The van der Waals surface area contributed by atoms with Crippen LogP contribution in [0.3, 0.4) is 0 Å². The summed E-state index contributed by atoms with van der Waals surface area (Å²) in [6.07, 6.45) is 2.36. The molecule has 1 amide bonds. The average molecular weight is 330 g/mol. The van der Waals surface area contributed by atoms with E-state index in [2.05, 4.69) is 5.32 Å². The molecule has 1 saturated heterocycles. The molecule has 0 aliphatic carbocycles. The van der Waals surface area contributed by atoms with Crippen molar-refractivity contribution >= 4 is 11.7 Å². The Morgan fingerprint density at radius 3 is 2.42 bits per heavy atom. The van der Waals surface area contributed by atoms with Gasteiger partial charge in [0.2, 0.25) is 5.91 Å². The largest absolute Gasteiger partial charge is 0.331 e. The van der Waals surface area contributed by atoms with Crippen molar-refractivity contribution in [3.05, 3.63) is 35.9 Å². The van der Waals surface area contributed by atoms with Crippen molar-refractivity contribution in [2.45, 2.75) is 65.1 Å². The number of rotatable bonds is 7. The summed E-state index contributed by atoms with van der Waals surface area (Å²) in [6.45, 7) is 8.61. The average Bonchev–Trinajstić information content (AvgIpc) is 3.02. The molecule has 24 heavy (non-hydrogen) atoms. The third-order valence-electron chi connectivity index (χ3n) is 4.55. The van der Waals surface area contributed by atoms with Crippen molar-refractivity contribution in [2.75, 3.05) is 6.54 Å². The van der Waals surface area contributed by atoms with Crippen LogP contribution in [0.4, 0.5) is 0 Å². The summed E-state index contributed by atoms with van der Waals surface area (Å²) in [6, 6.07) is 9.74. The van der Waals surface area contributed by atoms with E-state index in [4.69, 9.17) is 0 Å². The number of benzene rings is 1. The molecule has 0 bridgehead atoms. The maximum atomic E-state index is 13.1. The second-order valence-electron chi connectivity index (χ2n) is 7.31. The number of nitrogens with one attached hydrogen (secondary N) is 1. The third-order valence-corrected chi connectivity index (χ3v) is 4.55. The number of hydrogen-bond donors (Lipinski definition) is 1. The van der Waals surface area contributed by atoms with Crippen LogP contribution in [0.1, 0.15) is 46.1 Å². The summed E-state index contributed by atoms with van der Waals surface area (Å²) in [5.74, 6) is 0.210. The molecule has 132 valence electrons. The van der Waals surface area contributed by atoms with E-state index in [0.717, 1.165) is 18.4 Å². The number of carbonyl (C=O) groups excluding carboxylic acids is 2. The van der Waals surface area contributed by atoms with Crippen molar-refractivity contribution in [3.63, 3.8) is 0 Å². The first-order valence-corrected chi connectivity index (χ1v) is 9.04. The van der Waals surface area contributed by atoms with Crippen molar-refractivity contribution in [1.82, 2.24) is 10.2 Å². The monoisotopic (exact) mass is 330 g/mol. The summed E-state index contributed by atoms with van der Waals surface area (Å²) >= 11 is 0. The number of carbonyl (C=O) groups is 2. The minimum atomic E-state index is -0.284. The number of ketones is 1. The Bertz CT molecular complexity index is 554. The van der Waals surface area contributed by atoms with E-state index in [0.29, 0.717) is 13.0 Å². The Hall–Kier alpha value is -1.68. The van der Waals surface area contributed by atoms with Crippen LogP contribution < -0.4 is 5.32 Å². The maximum Gasteiger partial charge on any atom is 0.240 e. The number of Topliss-reactive ketones (excluding diaryl/α,β-unsaturated/α-hetero) is 1. The lowest BCUT2D eigenvalue weighted by atomic mass is 9.98. The van der Waals surface area contributed by atoms with E-state index >= 15 is 0 Å². The molecule has 1 aliphatic rings. The van der Waals surface area contributed by atoms with E-state index in [1.165, 1.54) is 0 Å². The smallest absolute Gasteiger partial charge is 0.240 e. The summed E-state index contributed by atoms with van der Waals surface area (Å²) in [5.41, 5.74) is 1.13. The van der Waals surface area contributed by atoms with Crippen molar-refractivity contribution in [2.24, 2.45) is 5.92 Å². The lowest BCUT2D eigenvalue weighted by molar-refractivity contribution is -0.140. The van der Waals surface area contributed by atoms with E-state index in [-0.39, 0.29) is 35.7 Å². The topological polar surface area (TPSA) is 49.4 Å². The lowest BCUT2D eigenvalue weighted by Gasteiger charge is -2.30. The zero-order chi connectivity index (χ0) is 17.7. The minimum absolute atomic E-state index is 0.0333. The first-order valence-electron chi connectivity index (χ1n) is 9.04. The van der Waals surface area contributed by atoms with Crippen LogP contribution in [0.25, 0.3) is 0 Å². The Labute approximate surface area is 145 Å². The molecular weight excluding hydrogens is 300 g/mol. The molecule has 1 heterocycles. The molecule has 0 aromatic heterocycles. The van der Waals surface area contributed by atoms with Crippen LogP contribution >= 0.6 is 0 Å². The zero-order valence-corrected chi connectivity index (χ0v) is 15.3. The molecule has 1 N–H and O–H groups in total. The van der Waals surface area contributed by atoms with E-state index in [9.17, 15) is 9.59 Å². The van der Waals surface area contributed by atoms with Crippen molar-refractivity contribution < 1.29 is 9.59 Å². The highest BCUT2D eigenvalue weighted by Gasteiger charge is 2.37. The Morgan fingerprint density at radius 1 is 1.17 bits per heavy atom. The fourth-order valence-electron chi connectivity index (χ4n) is 3.38.